The molecule has 0 aliphatic rings. The number of hydrogen-bond donors (Lipinski definition) is 3. The first-order valence-corrected chi connectivity index (χ1v) is 8.61. The fraction of sp³-hybridized carbons (Fsp3) is 0.429. The summed E-state index contributed by atoms with van der Waals surface area (Å²) in [6.07, 6.45) is -1.06. The quantitative estimate of drug-likeness (QED) is 0.554. The smallest absolute Gasteiger partial charge is 0.328 e. The van der Waals surface area contributed by atoms with Gasteiger partial charge in [0.25, 0.3) is 0 Å². The van der Waals surface area contributed by atoms with E-state index in [0.717, 1.165) is 0 Å². The summed E-state index contributed by atoms with van der Waals surface area (Å²) in [5.74, 6) is -4.19. The zero-order valence-corrected chi connectivity index (χ0v) is 13.1. The minimum absolute atomic E-state index is 0.134. The zero-order valence-electron chi connectivity index (χ0n) is 12.2. The molecule has 0 spiro atoms. The largest absolute Gasteiger partial charge is 0.481 e. The summed E-state index contributed by atoms with van der Waals surface area (Å²) >= 11 is 0. The van der Waals surface area contributed by atoms with E-state index in [9.17, 15) is 23.4 Å². The van der Waals surface area contributed by atoms with E-state index in [2.05, 4.69) is 0 Å². The lowest BCUT2D eigenvalue weighted by Crippen LogP contribution is -2.20. The topological polar surface area (TPSA) is 121 Å². The van der Waals surface area contributed by atoms with Crippen molar-refractivity contribution >= 4 is 19.5 Å². The molecule has 1 unspecified atom stereocenters. The highest BCUT2D eigenvalue weighted by molar-refractivity contribution is 7.52. The third kappa shape index (κ3) is 7.88. The van der Waals surface area contributed by atoms with Gasteiger partial charge in [-0.15, -0.1) is 0 Å². The van der Waals surface area contributed by atoms with E-state index in [-0.39, 0.29) is 19.4 Å². The Morgan fingerprint density at radius 3 is 2.35 bits per heavy atom. The average molecular weight is 348 g/mol. The van der Waals surface area contributed by atoms with Crippen molar-refractivity contribution in [3.05, 3.63) is 35.6 Å². The van der Waals surface area contributed by atoms with Crippen molar-refractivity contribution in [1.82, 2.24) is 0 Å². The zero-order chi connectivity index (χ0) is 17.5. The van der Waals surface area contributed by atoms with Crippen LogP contribution in [0.4, 0.5) is 4.39 Å². The van der Waals surface area contributed by atoms with E-state index in [1.807, 2.05) is 0 Å². The van der Waals surface area contributed by atoms with Crippen LogP contribution in [0.15, 0.2) is 24.3 Å². The Morgan fingerprint density at radius 2 is 1.83 bits per heavy atom. The molecule has 0 saturated heterocycles. The Balaban J connectivity index is 2.49. The number of carboxylic acids is 2. The molecule has 0 bridgehead atoms. The lowest BCUT2D eigenvalue weighted by atomic mass is 10.1. The van der Waals surface area contributed by atoms with Gasteiger partial charge in [-0.1, -0.05) is 12.1 Å². The van der Waals surface area contributed by atoms with Crippen LogP contribution in [0.25, 0.3) is 0 Å². The lowest BCUT2D eigenvalue weighted by molar-refractivity contribution is -0.142. The van der Waals surface area contributed by atoms with Crippen LogP contribution < -0.4 is 0 Å². The van der Waals surface area contributed by atoms with E-state index in [0.29, 0.717) is 5.56 Å². The van der Waals surface area contributed by atoms with E-state index in [1.54, 1.807) is 0 Å². The summed E-state index contributed by atoms with van der Waals surface area (Å²) in [6, 6.07) is 5.52. The van der Waals surface area contributed by atoms with Crippen molar-refractivity contribution in [3.8, 4) is 0 Å². The SMILES string of the molecule is O=C(O)CC[C@H](CP(=O)(O)OCCc1ccc(F)cc1)C(=O)O. The highest BCUT2D eigenvalue weighted by Gasteiger charge is 2.30. The van der Waals surface area contributed by atoms with Gasteiger partial charge in [-0.05, 0) is 30.5 Å². The van der Waals surface area contributed by atoms with Crippen molar-refractivity contribution in [1.29, 1.82) is 0 Å². The second-order valence-electron chi connectivity index (χ2n) is 5.00. The maximum atomic E-state index is 12.7. The predicted molar refractivity (Wildman–Crippen MR) is 78.7 cm³/mol. The predicted octanol–water partition coefficient (Wildman–Crippen LogP) is 2.14. The average Bonchev–Trinajstić information content (AvgIpc) is 2.45. The Hall–Kier alpha value is -1.76. The molecule has 7 nitrogen and oxygen atoms in total. The Bertz CT molecular complexity index is 587. The van der Waals surface area contributed by atoms with Crippen LogP contribution in [0.5, 0.6) is 0 Å². The van der Waals surface area contributed by atoms with Crippen molar-refractivity contribution < 1.29 is 38.2 Å². The third-order valence-electron chi connectivity index (χ3n) is 3.10. The normalized spacial score (nSPS) is 14.9. The first-order valence-electron chi connectivity index (χ1n) is 6.85. The standard InChI is InChI=1S/C14H18FO7P/c15-12-4-1-10(2-5-12)7-8-22-23(20,21)9-11(14(18)19)3-6-13(16)17/h1-2,4-5,11H,3,6-9H2,(H,16,17)(H,18,19)(H,20,21)/t11-/m1/s1. The first kappa shape index (κ1) is 19.3. The summed E-state index contributed by atoms with van der Waals surface area (Å²) in [6.45, 7) is -0.134. The molecule has 9 heteroatoms. The van der Waals surface area contributed by atoms with Crippen LogP contribution in [0, 0.1) is 11.7 Å². The van der Waals surface area contributed by atoms with Crippen LogP contribution in [0.2, 0.25) is 0 Å². The third-order valence-corrected chi connectivity index (χ3v) is 4.59. The molecule has 3 N–H and O–H groups in total. The fourth-order valence-electron chi connectivity index (χ4n) is 1.88. The molecule has 1 aromatic carbocycles. The van der Waals surface area contributed by atoms with Crippen molar-refractivity contribution in [3.63, 3.8) is 0 Å². The molecular weight excluding hydrogens is 330 g/mol. The maximum Gasteiger partial charge on any atom is 0.328 e. The van der Waals surface area contributed by atoms with Crippen molar-refractivity contribution in [2.24, 2.45) is 5.92 Å². The second kappa shape index (κ2) is 8.76. The molecule has 2 atom stereocenters. The first-order chi connectivity index (χ1) is 10.7. The fourth-order valence-corrected chi connectivity index (χ4v) is 3.26. The van der Waals surface area contributed by atoms with Gasteiger partial charge in [0.05, 0.1) is 18.7 Å². The monoisotopic (exact) mass is 348 g/mol. The molecule has 1 aromatic rings. The minimum atomic E-state index is -4.16. The molecule has 0 aromatic heterocycles. The van der Waals surface area contributed by atoms with Crippen molar-refractivity contribution in [2.45, 2.75) is 19.3 Å². The highest BCUT2D eigenvalue weighted by atomic mass is 31.2. The van der Waals surface area contributed by atoms with E-state index in [4.69, 9.17) is 14.7 Å². The summed E-state index contributed by atoms with van der Waals surface area (Å²) in [5.41, 5.74) is 0.701. The Kier molecular flexibility index (Phi) is 7.35. The number of rotatable bonds is 10. The molecule has 23 heavy (non-hydrogen) atoms. The molecular formula is C14H18FO7P. The minimum Gasteiger partial charge on any atom is -0.481 e. The molecule has 0 amide bonds. The Labute approximate surface area is 132 Å². The summed E-state index contributed by atoms with van der Waals surface area (Å²) in [7, 11) is -4.16. The lowest BCUT2D eigenvalue weighted by Gasteiger charge is -2.16. The molecule has 0 aliphatic carbocycles. The summed E-state index contributed by atoms with van der Waals surface area (Å²) < 4.78 is 29.5. The summed E-state index contributed by atoms with van der Waals surface area (Å²) in [5, 5.41) is 17.5. The molecule has 0 aliphatic heterocycles. The van der Waals surface area contributed by atoms with Gasteiger partial charge in [0, 0.05) is 6.42 Å². The van der Waals surface area contributed by atoms with Crippen LogP contribution in [0.3, 0.4) is 0 Å². The second-order valence-corrected chi connectivity index (χ2v) is 6.90. The van der Waals surface area contributed by atoms with Gasteiger partial charge < -0.3 is 19.6 Å². The molecule has 1 rings (SSSR count). The van der Waals surface area contributed by atoms with Crippen LogP contribution in [-0.4, -0.2) is 39.8 Å². The van der Waals surface area contributed by atoms with E-state index >= 15 is 0 Å². The maximum absolute atomic E-state index is 12.7. The number of halogens is 1. The number of carboxylic acid groups (broad SMARTS) is 2. The van der Waals surface area contributed by atoms with Gasteiger partial charge in [-0.3, -0.25) is 14.2 Å². The number of hydrogen-bond acceptors (Lipinski definition) is 4. The van der Waals surface area contributed by atoms with Crippen LogP contribution in [-0.2, 0) is 25.1 Å². The molecule has 0 saturated carbocycles. The van der Waals surface area contributed by atoms with Gasteiger partial charge in [-0.25, -0.2) is 4.39 Å². The van der Waals surface area contributed by atoms with Gasteiger partial charge in [0.1, 0.15) is 5.82 Å². The van der Waals surface area contributed by atoms with E-state index in [1.165, 1.54) is 24.3 Å². The molecule has 128 valence electrons. The van der Waals surface area contributed by atoms with Gasteiger partial charge in [0.2, 0.25) is 0 Å². The number of aliphatic carboxylic acids is 2. The van der Waals surface area contributed by atoms with E-state index < -0.39 is 43.9 Å². The number of benzene rings is 1. The summed E-state index contributed by atoms with van der Waals surface area (Å²) in [4.78, 5) is 31.1. The number of carbonyl (C=O) groups is 2. The van der Waals surface area contributed by atoms with Crippen LogP contribution in [0.1, 0.15) is 18.4 Å². The van der Waals surface area contributed by atoms with Gasteiger partial charge >= 0.3 is 19.5 Å². The van der Waals surface area contributed by atoms with Crippen molar-refractivity contribution in [2.75, 3.05) is 12.8 Å². The molecule has 0 heterocycles. The molecule has 0 radical (unpaired) electrons. The highest BCUT2D eigenvalue weighted by Crippen LogP contribution is 2.44. The van der Waals surface area contributed by atoms with Gasteiger partial charge in [0.15, 0.2) is 0 Å². The van der Waals surface area contributed by atoms with Crippen LogP contribution >= 0.6 is 7.60 Å². The Morgan fingerprint density at radius 1 is 1.22 bits per heavy atom. The molecule has 0 fully saturated rings. The van der Waals surface area contributed by atoms with Gasteiger partial charge in [-0.2, -0.15) is 0 Å².